The topological polar surface area (TPSA) is 73.6 Å². The van der Waals surface area contributed by atoms with Crippen LogP contribution in [0, 0.1) is 5.92 Å². The van der Waals surface area contributed by atoms with Gasteiger partial charge in [0, 0.05) is 11.8 Å². The smallest absolute Gasteiger partial charge is 0.241 e. The molecule has 0 spiro atoms. The van der Waals surface area contributed by atoms with Crippen molar-refractivity contribution in [3.63, 3.8) is 0 Å². The zero-order valence-corrected chi connectivity index (χ0v) is 11.9. The maximum atomic E-state index is 11.9. The van der Waals surface area contributed by atoms with Crippen LogP contribution in [0.3, 0.4) is 0 Å². The Morgan fingerprint density at radius 3 is 2.42 bits per heavy atom. The molecule has 1 amide bonds. The molecule has 106 valence electrons. The fourth-order valence-electron chi connectivity index (χ4n) is 1.76. The van der Waals surface area contributed by atoms with Crippen molar-refractivity contribution in [1.82, 2.24) is 0 Å². The molecule has 1 aromatic rings. The summed E-state index contributed by atoms with van der Waals surface area (Å²) < 4.78 is 10.3. The van der Waals surface area contributed by atoms with Crippen molar-refractivity contribution in [2.24, 2.45) is 11.7 Å². The van der Waals surface area contributed by atoms with Crippen LogP contribution in [0.4, 0.5) is 5.69 Å². The first-order valence-corrected chi connectivity index (χ1v) is 6.26. The quantitative estimate of drug-likeness (QED) is 0.826. The van der Waals surface area contributed by atoms with Crippen molar-refractivity contribution < 1.29 is 14.3 Å². The van der Waals surface area contributed by atoms with Crippen LogP contribution in [0.5, 0.6) is 11.5 Å². The molecule has 3 N–H and O–H groups in total. The molecule has 0 aliphatic heterocycles. The molecule has 0 aliphatic carbocycles. The number of ether oxygens (including phenoxy) is 2. The molecule has 0 aliphatic rings. The molecule has 0 bridgehead atoms. The van der Waals surface area contributed by atoms with E-state index in [2.05, 4.69) is 5.32 Å². The number of benzene rings is 1. The van der Waals surface area contributed by atoms with Crippen LogP contribution >= 0.6 is 0 Å². The second kappa shape index (κ2) is 6.99. The maximum absolute atomic E-state index is 11.9. The summed E-state index contributed by atoms with van der Waals surface area (Å²) in [7, 11) is 3.11. The van der Waals surface area contributed by atoms with Gasteiger partial charge in [-0.3, -0.25) is 4.79 Å². The predicted molar refractivity (Wildman–Crippen MR) is 75.6 cm³/mol. The first kappa shape index (κ1) is 15.3. The van der Waals surface area contributed by atoms with Crippen LogP contribution in [-0.4, -0.2) is 26.2 Å². The highest BCUT2D eigenvalue weighted by Crippen LogP contribution is 2.29. The van der Waals surface area contributed by atoms with E-state index in [-0.39, 0.29) is 5.91 Å². The second-order valence-electron chi connectivity index (χ2n) is 4.80. The Bertz CT molecular complexity index is 433. The Kier molecular flexibility index (Phi) is 5.63. The number of nitrogens with two attached hydrogens (primary N) is 1. The molecule has 5 heteroatoms. The lowest BCUT2D eigenvalue weighted by atomic mass is 10.0. The molecule has 0 aromatic heterocycles. The molecule has 0 radical (unpaired) electrons. The summed E-state index contributed by atoms with van der Waals surface area (Å²) in [4.78, 5) is 11.9. The standard InChI is InChI=1S/C14H22N2O3/c1-9(2)7-11(15)14(17)16-10-5-6-12(18-3)13(8-10)19-4/h5-6,8-9,11H,7,15H2,1-4H3,(H,16,17). The number of hydrogen-bond acceptors (Lipinski definition) is 4. The number of rotatable bonds is 6. The summed E-state index contributed by atoms with van der Waals surface area (Å²) in [5.74, 6) is 1.37. The number of anilines is 1. The van der Waals surface area contributed by atoms with Crippen LogP contribution < -0.4 is 20.5 Å². The van der Waals surface area contributed by atoms with Crippen molar-refractivity contribution in [3.8, 4) is 11.5 Å². The lowest BCUT2D eigenvalue weighted by molar-refractivity contribution is -0.117. The zero-order valence-electron chi connectivity index (χ0n) is 11.9. The third-order valence-electron chi connectivity index (χ3n) is 2.71. The molecule has 1 aromatic carbocycles. The van der Waals surface area contributed by atoms with Gasteiger partial charge >= 0.3 is 0 Å². The van der Waals surface area contributed by atoms with Gasteiger partial charge < -0.3 is 20.5 Å². The normalized spacial score (nSPS) is 12.1. The summed E-state index contributed by atoms with van der Waals surface area (Å²) in [6, 6.07) is 4.69. The summed E-state index contributed by atoms with van der Waals surface area (Å²) in [6.45, 7) is 4.06. The lowest BCUT2D eigenvalue weighted by Gasteiger charge is -2.15. The Balaban J connectivity index is 2.74. The van der Waals surface area contributed by atoms with Gasteiger partial charge in [-0.2, -0.15) is 0 Å². The van der Waals surface area contributed by atoms with E-state index in [4.69, 9.17) is 15.2 Å². The summed E-state index contributed by atoms with van der Waals surface area (Å²) >= 11 is 0. The van der Waals surface area contributed by atoms with E-state index in [1.165, 1.54) is 0 Å². The molecule has 5 nitrogen and oxygen atoms in total. The highest BCUT2D eigenvalue weighted by atomic mass is 16.5. The minimum absolute atomic E-state index is 0.194. The fourth-order valence-corrected chi connectivity index (χ4v) is 1.76. The number of carbonyl (C=O) groups excluding carboxylic acids is 1. The van der Waals surface area contributed by atoms with E-state index in [1.54, 1.807) is 32.4 Å². The third kappa shape index (κ3) is 4.44. The van der Waals surface area contributed by atoms with Crippen molar-refractivity contribution >= 4 is 11.6 Å². The molecular weight excluding hydrogens is 244 g/mol. The van der Waals surface area contributed by atoms with E-state index >= 15 is 0 Å². The van der Waals surface area contributed by atoms with Gasteiger partial charge in [0.25, 0.3) is 0 Å². The van der Waals surface area contributed by atoms with Gasteiger partial charge in [0.1, 0.15) is 0 Å². The largest absolute Gasteiger partial charge is 0.493 e. The zero-order chi connectivity index (χ0) is 14.4. The monoisotopic (exact) mass is 266 g/mol. The van der Waals surface area contributed by atoms with Crippen molar-refractivity contribution in [1.29, 1.82) is 0 Å². The van der Waals surface area contributed by atoms with Crippen LogP contribution in [0.15, 0.2) is 18.2 Å². The van der Waals surface area contributed by atoms with Crippen LogP contribution in [0.25, 0.3) is 0 Å². The number of carbonyl (C=O) groups is 1. The average molecular weight is 266 g/mol. The Labute approximate surface area is 114 Å². The number of hydrogen-bond donors (Lipinski definition) is 2. The molecule has 1 atom stereocenters. The summed E-state index contributed by atoms with van der Waals surface area (Å²) in [5, 5.41) is 2.77. The van der Waals surface area contributed by atoms with Gasteiger partial charge in [0.05, 0.1) is 20.3 Å². The minimum atomic E-state index is -0.506. The van der Waals surface area contributed by atoms with E-state index < -0.39 is 6.04 Å². The molecule has 0 fully saturated rings. The first-order chi connectivity index (χ1) is 8.97. The van der Waals surface area contributed by atoms with Gasteiger partial charge in [0.2, 0.25) is 5.91 Å². The average Bonchev–Trinajstić information content (AvgIpc) is 2.37. The maximum Gasteiger partial charge on any atom is 0.241 e. The number of methoxy groups -OCH3 is 2. The predicted octanol–water partition coefficient (Wildman–Crippen LogP) is 2.02. The third-order valence-corrected chi connectivity index (χ3v) is 2.71. The summed E-state index contributed by atoms with van der Waals surface area (Å²) in [5.41, 5.74) is 6.47. The molecule has 1 unspecified atom stereocenters. The first-order valence-electron chi connectivity index (χ1n) is 6.26. The van der Waals surface area contributed by atoms with Crippen LogP contribution in [0.2, 0.25) is 0 Å². The van der Waals surface area contributed by atoms with Crippen LogP contribution in [0.1, 0.15) is 20.3 Å². The molecule has 0 saturated heterocycles. The summed E-state index contributed by atoms with van der Waals surface area (Å²) in [6.07, 6.45) is 0.652. The second-order valence-corrected chi connectivity index (χ2v) is 4.80. The minimum Gasteiger partial charge on any atom is -0.493 e. The Hall–Kier alpha value is -1.75. The van der Waals surface area contributed by atoms with E-state index in [1.807, 2.05) is 13.8 Å². The van der Waals surface area contributed by atoms with Crippen molar-refractivity contribution in [2.45, 2.75) is 26.3 Å². The SMILES string of the molecule is COc1ccc(NC(=O)C(N)CC(C)C)cc1OC. The van der Waals surface area contributed by atoms with Crippen LogP contribution in [-0.2, 0) is 4.79 Å². The van der Waals surface area contributed by atoms with Gasteiger partial charge in [-0.15, -0.1) is 0 Å². The Morgan fingerprint density at radius 1 is 1.26 bits per heavy atom. The fraction of sp³-hybridized carbons (Fsp3) is 0.500. The van der Waals surface area contributed by atoms with Gasteiger partial charge in [-0.25, -0.2) is 0 Å². The Morgan fingerprint density at radius 2 is 1.89 bits per heavy atom. The molecule has 19 heavy (non-hydrogen) atoms. The molecule has 0 saturated carbocycles. The number of amides is 1. The van der Waals surface area contributed by atoms with Gasteiger partial charge in [-0.1, -0.05) is 13.8 Å². The molecule has 0 heterocycles. The van der Waals surface area contributed by atoms with Gasteiger partial charge in [0.15, 0.2) is 11.5 Å². The van der Waals surface area contributed by atoms with E-state index in [9.17, 15) is 4.79 Å². The highest BCUT2D eigenvalue weighted by molar-refractivity contribution is 5.94. The van der Waals surface area contributed by atoms with Gasteiger partial charge in [-0.05, 0) is 24.5 Å². The lowest BCUT2D eigenvalue weighted by Crippen LogP contribution is -2.36. The van der Waals surface area contributed by atoms with Crippen molar-refractivity contribution in [3.05, 3.63) is 18.2 Å². The molecular formula is C14H22N2O3. The van der Waals surface area contributed by atoms with E-state index in [0.29, 0.717) is 29.5 Å². The van der Waals surface area contributed by atoms with Crippen molar-refractivity contribution in [2.75, 3.05) is 19.5 Å². The molecule has 1 rings (SSSR count). The number of nitrogens with one attached hydrogen (secondary N) is 1. The van der Waals surface area contributed by atoms with E-state index in [0.717, 1.165) is 0 Å². The highest BCUT2D eigenvalue weighted by Gasteiger charge is 2.15.